The van der Waals surface area contributed by atoms with E-state index in [0.29, 0.717) is 36.6 Å². The molecule has 0 atom stereocenters. The highest BCUT2D eigenvalue weighted by Gasteiger charge is 2.30. The third-order valence-corrected chi connectivity index (χ3v) is 7.35. The van der Waals surface area contributed by atoms with Crippen molar-refractivity contribution >= 4 is 43.8 Å². The van der Waals surface area contributed by atoms with E-state index in [4.69, 9.17) is 11.6 Å². The maximum Gasteiger partial charge on any atom is 0.269 e. The smallest absolute Gasteiger partial charge is 0.269 e. The van der Waals surface area contributed by atoms with Crippen molar-refractivity contribution in [2.24, 2.45) is 0 Å². The molecule has 1 heterocycles. The Hall–Kier alpha value is -2.68. The standard InChI is InChI=1S/C20H18ClN3O4S/c21-18-5-1-3-15-4-2-6-19(20(15)18)29(27,28)23-13-11-22(12-14-23)16-7-9-17(10-8-16)24(25)26/h1-10H,11-14H2. The first kappa shape index (κ1) is 19.6. The second kappa shape index (κ2) is 7.62. The molecule has 0 unspecified atom stereocenters. The number of rotatable bonds is 4. The number of fused-ring (bicyclic) bond motifs is 1. The Labute approximate surface area is 173 Å². The van der Waals surface area contributed by atoms with Crippen molar-refractivity contribution in [3.8, 4) is 0 Å². The normalized spacial score (nSPS) is 15.6. The van der Waals surface area contributed by atoms with Crippen molar-refractivity contribution in [1.82, 2.24) is 4.31 Å². The van der Waals surface area contributed by atoms with Crippen LogP contribution in [0.3, 0.4) is 0 Å². The monoisotopic (exact) mass is 431 g/mol. The van der Waals surface area contributed by atoms with Gasteiger partial charge in [0.2, 0.25) is 10.0 Å². The van der Waals surface area contributed by atoms with Gasteiger partial charge in [0.1, 0.15) is 0 Å². The van der Waals surface area contributed by atoms with E-state index in [-0.39, 0.29) is 10.6 Å². The molecule has 0 radical (unpaired) electrons. The van der Waals surface area contributed by atoms with Crippen molar-refractivity contribution in [1.29, 1.82) is 0 Å². The topological polar surface area (TPSA) is 83.8 Å². The van der Waals surface area contributed by atoms with Crippen LogP contribution in [0.2, 0.25) is 5.02 Å². The van der Waals surface area contributed by atoms with E-state index in [1.54, 1.807) is 36.4 Å². The number of nitro groups is 1. The van der Waals surface area contributed by atoms with Crippen LogP contribution in [0, 0.1) is 10.1 Å². The average molecular weight is 432 g/mol. The van der Waals surface area contributed by atoms with E-state index in [1.807, 2.05) is 17.0 Å². The van der Waals surface area contributed by atoms with Gasteiger partial charge in [-0.25, -0.2) is 8.42 Å². The van der Waals surface area contributed by atoms with Gasteiger partial charge >= 0.3 is 0 Å². The Balaban J connectivity index is 1.56. The molecule has 0 bridgehead atoms. The summed E-state index contributed by atoms with van der Waals surface area (Å²) in [6.45, 7) is 1.63. The lowest BCUT2D eigenvalue weighted by Gasteiger charge is -2.35. The molecule has 1 aliphatic rings. The summed E-state index contributed by atoms with van der Waals surface area (Å²) in [6.07, 6.45) is 0. The van der Waals surface area contributed by atoms with Gasteiger partial charge in [0.15, 0.2) is 0 Å². The molecule has 3 aromatic carbocycles. The lowest BCUT2D eigenvalue weighted by molar-refractivity contribution is -0.384. The number of hydrogen-bond acceptors (Lipinski definition) is 5. The van der Waals surface area contributed by atoms with E-state index in [1.165, 1.54) is 16.4 Å². The molecule has 7 nitrogen and oxygen atoms in total. The van der Waals surface area contributed by atoms with Crippen molar-refractivity contribution in [2.45, 2.75) is 4.90 Å². The van der Waals surface area contributed by atoms with Crippen LogP contribution in [0.15, 0.2) is 65.6 Å². The highest BCUT2D eigenvalue weighted by molar-refractivity contribution is 7.89. The predicted octanol–water partition coefficient (Wildman–Crippen LogP) is 3.91. The summed E-state index contributed by atoms with van der Waals surface area (Å²) in [5.74, 6) is 0. The van der Waals surface area contributed by atoms with Crippen LogP contribution in [0.4, 0.5) is 11.4 Å². The quantitative estimate of drug-likeness (QED) is 0.462. The molecule has 1 saturated heterocycles. The Bertz CT molecular complexity index is 1170. The lowest BCUT2D eigenvalue weighted by Crippen LogP contribution is -2.48. The Morgan fingerprint density at radius 1 is 0.897 bits per heavy atom. The molecular weight excluding hydrogens is 414 g/mol. The van der Waals surface area contributed by atoms with Crippen LogP contribution in [0.5, 0.6) is 0 Å². The molecule has 4 rings (SSSR count). The summed E-state index contributed by atoms with van der Waals surface area (Å²) in [5.41, 5.74) is 0.864. The number of anilines is 1. The van der Waals surface area contributed by atoms with E-state index in [9.17, 15) is 18.5 Å². The fourth-order valence-electron chi connectivity index (χ4n) is 3.59. The number of nitrogens with zero attached hydrogens (tertiary/aromatic N) is 3. The van der Waals surface area contributed by atoms with E-state index < -0.39 is 14.9 Å². The number of non-ortho nitro benzene ring substituents is 1. The molecule has 0 N–H and O–H groups in total. The zero-order valence-electron chi connectivity index (χ0n) is 15.4. The van der Waals surface area contributed by atoms with E-state index >= 15 is 0 Å². The minimum Gasteiger partial charge on any atom is -0.369 e. The minimum atomic E-state index is -3.70. The summed E-state index contributed by atoms with van der Waals surface area (Å²) in [5, 5.41) is 12.5. The highest BCUT2D eigenvalue weighted by Crippen LogP contribution is 2.32. The van der Waals surface area contributed by atoms with Gasteiger partial charge in [-0.15, -0.1) is 0 Å². The number of nitro benzene ring substituents is 1. The second-order valence-corrected chi connectivity index (χ2v) is 9.07. The molecule has 9 heteroatoms. The molecule has 0 saturated carbocycles. The largest absolute Gasteiger partial charge is 0.369 e. The molecule has 29 heavy (non-hydrogen) atoms. The number of hydrogen-bond donors (Lipinski definition) is 0. The first-order valence-corrected chi connectivity index (χ1v) is 10.9. The predicted molar refractivity (Wildman–Crippen MR) is 113 cm³/mol. The van der Waals surface area contributed by atoms with Crippen LogP contribution >= 0.6 is 11.6 Å². The van der Waals surface area contributed by atoms with Crippen LogP contribution < -0.4 is 4.90 Å². The fraction of sp³-hybridized carbons (Fsp3) is 0.200. The van der Waals surface area contributed by atoms with Crippen molar-refractivity contribution in [3.63, 3.8) is 0 Å². The summed E-state index contributed by atoms with van der Waals surface area (Å²) in [4.78, 5) is 12.6. The second-order valence-electron chi connectivity index (χ2n) is 6.76. The number of benzene rings is 3. The third kappa shape index (κ3) is 3.66. The summed E-state index contributed by atoms with van der Waals surface area (Å²) < 4.78 is 28.0. The van der Waals surface area contributed by atoms with Crippen LogP contribution in [0.25, 0.3) is 10.8 Å². The minimum absolute atomic E-state index is 0.0304. The van der Waals surface area contributed by atoms with Gasteiger partial charge in [0, 0.05) is 54.4 Å². The molecule has 0 spiro atoms. The molecule has 150 valence electrons. The van der Waals surface area contributed by atoms with Gasteiger partial charge in [-0.1, -0.05) is 35.9 Å². The molecule has 3 aromatic rings. The SMILES string of the molecule is O=[N+]([O-])c1ccc(N2CCN(S(=O)(=O)c3cccc4cccc(Cl)c34)CC2)cc1. The molecular formula is C20H18ClN3O4S. The molecule has 1 aliphatic heterocycles. The van der Waals surface area contributed by atoms with Crippen LogP contribution in [-0.2, 0) is 10.0 Å². The maximum atomic E-state index is 13.3. The van der Waals surface area contributed by atoms with E-state index in [2.05, 4.69) is 0 Å². The number of halogens is 1. The summed E-state index contributed by atoms with van der Waals surface area (Å²) in [7, 11) is -3.70. The van der Waals surface area contributed by atoms with E-state index in [0.717, 1.165) is 11.1 Å². The van der Waals surface area contributed by atoms with Crippen molar-refractivity contribution < 1.29 is 13.3 Å². The Morgan fingerprint density at radius 2 is 1.52 bits per heavy atom. The third-order valence-electron chi connectivity index (χ3n) is 5.10. The van der Waals surface area contributed by atoms with Crippen molar-refractivity contribution in [3.05, 3.63) is 75.8 Å². The first-order chi connectivity index (χ1) is 13.9. The van der Waals surface area contributed by atoms with Crippen LogP contribution in [-0.4, -0.2) is 43.8 Å². The zero-order valence-corrected chi connectivity index (χ0v) is 16.9. The van der Waals surface area contributed by atoms with Gasteiger partial charge in [-0.3, -0.25) is 10.1 Å². The van der Waals surface area contributed by atoms with Crippen molar-refractivity contribution in [2.75, 3.05) is 31.1 Å². The fourth-order valence-corrected chi connectivity index (χ4v) is 5.59. The summed E-state index contributed by atoms with van der Waals surface area (Å²) >= 11 is 6.31. The van der Waals surface area contributed by atoms with Crippen LogP contribution in [0.1, 0.15) is 0 Å². The van der Waals surface area contributed by atoms with Gasteiger partial charge < -0.3 is 4.90 Å². The molecule has 0 amide bonds. The van der Waals surface area contributed by atoms with Gasteiger partial charge in [0.05, 0.1) is 9.82 Å². The average Bonchev–Trinajstić information content (AvgIpc) is 2.74. The highest BCUT2D eigenvalue weighted by atomic mass is 35.5. The Morgan fingerprint density at radius 3 is 2.14 bits per heavy atom. The summed E-state index contributed by atoms with van der Waals surface area (Å²) in [6, 6.07) is 16.8. The molecule has 1 fully saturated rings. The number of piperazine rings is 1. The first-order valence-electron chi connectivity index (χ1n) is 9.05. The molecule has 0 aliphatic carbocycles. The zero-order chi connectivity index (χ0) is 20.6. The lowest BCUT2D eigenvalue weighted by atomic mass is 10.1. The van der Waals surface area contributed by atoms with Gasteiger partial charge in [-0.05, 0) is 29.7 Å². The number of sulfonamides is 1. The maximum absolute atomic E-state index is 13.3. The Kier molecular flexibility index (Phi) is 5.16. The molecule has 0 aromatic heterocycles. The van der Waals surface area contributed by atoms with Gasteiger partial charge in [-0.2, -0.15) is 4.31 Å². The van der Waals surface area contributed by atoms with Gasteiger partial charge in [0.25, 0.3) is 5.69 Å².